The third kappa shape index (κ3) is 3.09. The maximum Gasteiger partial charge on any atom is 0.435 e. The molecule has 2 heterocycles. The van der Waals surface area contributed by atoms with E-state index in [9.17, 15) is 40.2 Å². The van der Waals surface area contributed by atoms with Crippen LogP contribution < -0.4 is 0 Å². The van der Waals surface area contributed by atoms with Crippen LogP contribution in [0.5, 0.6) is 0 Å². The number of aliphatic hydroxyl groups is 1. The molecule has 25 heavy (non-hydrogen) atoms. The summed E-state index contributed by atoms with van der Waals surface area (Å²) in [5.74, 6) is -3.84. The number of ether oxygens (including phenoxy) is 1. The van der Waals surface area contributed by atoms with E-state index >= 15 is 0 Å². The Morgan fingerprint density at radius 2 is 1.80 bits per heavy atom. The van der Waals surface area contributed by atoms with Gasteiger partial charge in [-0.2, -0.15) is 31.4 Å². The monoisotopic (exact) mass is 380 g/mol. The highest BCUT2D eigenvalue weighted by Crippen LogP contribution is 2.49. The Hall–Kier alpha value is -1.43. The fraction of sp³-hybridized carbons (Fsp3) is 0.769. The van der Waals surface area contributed by atoms with Crippen molar-refractivity contribution < 1.29 is 45.0 Å². The third-order valence-electron chi connectivity index (χ3n) is 4.36. The molecule has 1 saturated heterocycles. The lowest BCUT2D eigenvalue weighted by molar-refractivity contribution is -0.235. The van der Waals surface area contributed by atoms with Gasteiger partial charge in [0.05, 0.1) is 18.2 Å². The van der Waals surface area contributed by atoms with E-state index in [1.54, 1.807) is 0 Å². The van der Waals surface area contributed by atoms with Crippen LogP contribution in [0.4, 0.5) is 35.1 Å². The fourth-order valence-electron chi connectivity index (χ4n) is 3.22. The predicted octanol–water partition coefficient (Wildman–Crippen LogP) is 3.41. The van der Waals surface area contributed by atoms with Crippen molar-refractivity contribution in [2.75, 3.05) is 6.61 Å². The molecule has 12 heteroatoms. The Morgan fingerprint density at radius 3 is 2.36 bits per heavy atom. The molecule has 1 aromatic heterocycles. The molecule has 0 bridgehead atoms. The number of hydrogen-bond acceptors (Lipinski definition) is 3. The first-order chi connectivity index (χ1) is 11.3. The van der Waals surface area contributed by atoms with Gasteiger partial charge in [0.2, 0.25) is 0 Å². The van der Waals surface area contributed by atoms with Gasteiger partial charge in [0.25, 0.3) is 5.92 Å². The molecular formula is C13H12F8N2O2. The van der Waals surface area contributed by atoms with Crippen molar-refractivity contribution in [3.8, 4) is 0 Å². The van der Waals surface area contributed by atoms with Crippen molar-refractivity contribution >= 4 is 0 Å². The Labute approximate surface area is 135 Å². The summed E-state index contributed by atoms with van der Waals surface area (Å²) in [5.41, 5.74) is -3.34. The molecule has 1 N–H and O–H groups in total. The van der Waals surface area contributed by atoms with Crippen molar-refractivity contribution in [2.45, 2.75) is 55.8 Å². The minimum absolute atomic E-state index is 0.111. The number of halogens is 8. The van der Waals surface area contributed by atoms with E-state index in [2.05, 4.69) is 9.84 Å². The number of hydrogen-bond donors (Lipinski definition) is 1. The summed E-state index contributed by atoms with van der Waals surface area (Å²) >= 11 is 0. The first kappa shape index (κ1) is 18.4. The summed E-state index contributed by atoms with van der Waals surface area (Å²) in [5, 5.41) is 12.8. The molecule has 0 amide bonds. The van der Waals surface area contributed by atoms with E-state index in [0.717, 1.165) is 0 Å². The van der Waals surface area contributed by atoms with Crippen LogP contribution in [0.3, 0.4) is 0 Å². The van der Waals surface area contributed by atoms with Crippen LogP contribution in [0, 0.1) is 0 Å². The summed E-state index contributed by atoms with van der Waals surface area (Å²) in [4.78, 5) is 0. The van der Waals surface area contributed by atoms with Gasteiger partial charge in [-0.05, 0) is 6.42 Å². The van der Waals surface area contributed by atoms with E-state index < -0.39 is 72.9 Å². The largest absolute Gasteiger partial charge is 0.435 e. The van der Waals surface area contributed by atoms with Gasteiger partial charge < -0.3 is 9.84 Å². The second-order valence-electron chi connectivity index (χ2n) is 6.07. The first-order valence-electron chi connectivity index (χ1n) is 7.25. The van der Waals surface area contributed by atoms with Gasteiger partial charge in [-0.3, -0.25) is 4.68 Å². The molecule has 142 valence electrons. The molecule has 0 saturated carbocycles. The number of aliphatic hydroxyl groups excluding tert-OH is 1. The number of aromatic nitrogens is 2. The zero-order chi connectivity index (χ0) is 18.8. The molecule has 0 aromatic carbocycles. The van der Waals surface area contributed by atoms with Crippen LogP contribution in [0.15, 0.2) is 0 Å². The fourth-order valence-corrected chi connectivity index (χ4v) is 3.22. The standard InChI is InChI=1S/C13H12F8N2O2/c14-11(15)4-6-8(10(11)24)9(13(19,20)21)22-23(6)5-1-2-25-7(3-5)12(16,17)18/h5,7,10,24H,1-4H2/t5-,7-,10-/m0/s1. The summed E-state index contributed by atoms with van der Waals surface area (Å²) < 4.78 is 110. The number of rotatable bonds is 1. The van der Waals surface area contributed by atoms with Crippen molar-refractivity contribution in [1.29, 1.82) is 0 Å². The molecule has 0 unspecified atom stereocenters. The molecule has 0 radical (unpaired) electrons. The number of alkyl halides is 8. The van der Waals surface area contributed by atoms with Gasteiger partial charge in [-0.1, -0.05) is 0 Å². The SMILES string of the molecule is O[C@H]1c2c(C(F)(F)F)nn([C@H]3CCO[C@H](C(F)(F)F)C3)c2CC1(F)F. The zero-order valence-corrected chi connectivity index (χ0v) is 12.3. The molecule has 1 aliphatic heterocycles. The molecule has 0 spiro atoms. The lowest BCUT2D eigenvalue weighted by Crippen LogP contribution is -2.39. The first-order valence-corrected chi connectivity index (χ1v) is 7.25. The summed E-state index contributed by atoms with van der Waals surface area (Å²) in [7, 11) is 0. The summed E-state index contributed by atoms with van der Waals surface area (Å²) in [6.07, 6.45) is -16.8. The Kier molecular flexibility index (Phi) is 4.06. The van der Waals surface area contributed by atoms with Crippen LogP contribution in [-0.2, 0) is 17.3 Å². The average molecular weight is 380 g/mol. The van der Waals surface area contributed by atoms with E-state index in [1.165, 1.54) is 0 Å². The molecular weight excluding hydrogens is 368 g/mol. The van der Waals surface area contributed by atoms with Crippen LogP contribution >= 0.6 is 0 Å². The van der Waals surface area contributed by atoms with Crippen molar-refractivity contribution in [3.05, 3.63) is 17.0 Å². The second-order valence-corrected chi connectivity index (χ2v) is 6.07. The molecule has 1 aliphatic carbocycles. The van der Waals surface area contributed by atoms with E-state index in [0.29, 0.717) is 4.68 Å². The lowest BCUT2D eigenvalue weighted by atomic mass is 10.0. The van der Waals surface area contributed by atoms with Crippen molar-refractivity contribution in [2.24, 2.45) is 0 Å². The van der Waals surface area contributed by atoms with Gasteiger partial charge >= 0.3 is 12.4 Å². The van der Waals surface area contributed by atoms with Crippen LogP contribution in [0.25, 0.3) is 0 Å². The minimum Gasteiger partial charge on any atom is -0.382 e. The van der Waals surface area contributed by atoms with Crippen molar-refractivity contribution in [1.82, 2.24) is 9.78 Å². The number of nitrogens with zero attached hydrogens (tertiary/aromatic N) is 2. The molecule has 3 atom stereocenters. The Morgan fingerprint density at radius 1 is 1.16 bits per heavy atom. The lowest BCUT2D eigenvalue weighted by Gasteiger charge is -2.31. The molecule has 4 nitrogen and oxygen atoms in total. The van der Waals surface area contributed by atoms with Gasteiger partial charge in [0.15, 0.2) is 11.8 Å². The summed E-state index contributed by atoms with van der Waals surface area (Å²) in [6.45, 7) is -0.399. The topological polar surface area (TPSA) is 47.3 Å². The normalized spacial score (nSPS) is 29.7. The average Bonchev–Trinajstić information content (AvgIpc) is 2.93. The zero-order valence-electron chi connectivity index (χ0n) is 12.3. The Bertz CT molecular complexity index is 666. The summed E-state index contributed by atoms with van der Waals surface area (Å²) in [6, 6.07) is -1.19. The highest BCUT2D eigenvalue weighted by atomic mass is 19.4. The van der Waals surface area contributed by atoms with Gasteiger partial charge in [-0.25, -0.2) is 8.78 Å². The minimum atomic E-state index is -5.12. The van der Waals surface area contributed by atoms with Crippen LogP contribution in [0.1, 0.15) is 41.9 Å². The van der Waals surface area contributed by atoms with E-state index in [1.807, 2.05) is 0 Å². The highest BCUT2D eigenvalue weighted by molar-refractivity contribution is 5.38. The Balaban J connectivity index is 2.03. The van der Waals surface area contributed by atoms with Gasteiger partial charge in [-0.15, -0.1) is 0 Å². The molecule has 1 aromatic rings. The smallest absolute Gasteiger partial charge is 0.382 e. The number of fused-ring (bicyclic) bond motifs is 1. The quantitative estimate of drug-likeness (QED) is 0.760. The molecule has 3 rings (SSSR count). The van der Waals surface area contributed by atoms with E-state index in [4.69, 9.17) is 0 Å². The maximum atomic E-state index is 13.7. The third-order valence-corrected chi connectivity index (χ3v) is 4.36. The van der Waals surface area contributed by atoms with Crippen LogP contribution in [-0.4, -0.2) is 39.7 Å². The maximum absolute atomic E-state index is 13.7. The highest BCUT2D eigenvalue weighted by Gasteiger charge is 2.55. The predicted molar refractivity (Wildman–Crippen MR) is 64.9 cm³/mol. The van der Waals surface area contributed by atoms with Gasteiger partial charge in [0, 0.05) is 18.6 Å². The van der Waals surface area contributed by atoms with E-state index in [-0.39, 0.29) is 6.42 Å². The molecule has 2 aliphatic rings. The molecule has 1 fully saturated rings. The van der Waals surface area contributed by atoms with Gasteiger partial charge in [0.1, 0.15) is 6.10 Å². The van der Waals surface area contributed by atoms with Crippen molar-refractivity contribution in [3.63, 3.8) is 0 Å². The van der Waals surface area contributed by atoms with Crippen LogP contribution in [0.2, 0.25) is 0 Å². The second kappa shape index (κ2) is 5.53.